The summed E-state index contributed by atoms with van der Waals surface area (Å²) in [6.07, 6.45) is 0.0334. The van der Waals surface area contributed by atoms with Crippen molar-refractivity contribution in [3.63, 3.8) is 0 Å². The Morgan fingerprint density at radius 3 is 2.53 bits per heavy atom. The van der Waals surface area contributed by atoms with Crippen molar-refractivity contribution in [3.05, 3.63) is 52.0 Å². The lowest BCUT2D eigenvalue weighted by Gasteiger charge is -2.27. The molecule has 0 N–H and O–H groups in total. The Balaban J connectivity index is 1.74. The van der Waals surface area contributed by atoms with E-state index >= 15 is 0 Å². The molecule has 1 amide bonds. The normalized spacial score (nSPS) is 22.8. The van der Waals surface area contributed by atoms with Crippen LogP contribution in [0.4, 0.5) is 5.69 Å². The maximum absolute atomic E-state index is 12.8. The highest BCUT2D eigenvalue weighted by Gasteiger charge is 2.50. The number of hydrogen-bond donors (Lipinski definition) is 0. The standard InChI is InChI=1S/C21H20Cl2N2O5S2/c1-29-17-9-18(30-2)15(8-14(17)23)25-16-10-32(27,28)11-19(16)31-21(25)24-20(26)7-12-5-3-4-6-13(12)22/h3-6,8-9,16,19H,7,10-11H2,1-2H3. The monoisotopic (exact) mass is 514 g/mol. The number of halogens is 2. The van der Waals surface area contributed by atoms with Gasteiger partial charge >= 0.3 is 0 Å². The van der Waals surface area contributed by atoms with E-state index in [0.717, 1.165) is 0 Å². The summed E-state index contributed by atoms with van der Waals surface area (Å²) in [5, 5.41) is 0.979. The molecule has 2 aliphatic rings. The van der Waals surface area contributed by atoms with Crippen LogP contribution in [0, 0.1) is 0 Å². The maximum Gasteiger partial charge on any atom is 0.252 e. The second kappa shape index (κ2) is 9.13. The van der Waals surface area contributed by atoms with E-state index in [4.69, 9.17) is 32.7 Å². The van der Waals surface area contributed by atoms with E-state index in [0.29, 0.717) is 38.0 Å². The minimum absolute atomic E-state index is 0.0166. The van der Waals surface area contributed by atoms with Gasteiger partial charge in [0.25, 0.3) is 5.91 Å². The quantitative estimate of drug-likeness (QED) is 0.598. The summed E-state index contributed by atoms with van der Waals surface area (Å²) in [6.45, 7) is 0. The molecule has 2 unspecified atom stereocenters. The molecular formula is C21H20Cl2N2O5S2. The molecule has 2 fully saturated rings. The Morgan fingerprint density at radius 2 is 1.84 bits per heavy atom. The summed E-state index contributed by atoms with van der Waals surface area (Å²) >= 11 is 13.8. The van der Waals surface area contributed by atoms with Crippen LogP contribution in [0.5, 0.6) is 11.5 Å². The molecular weight excluding hydrogens is 495 g/mol. The van der Waals surface area contributed by atoms with E-state index in [1.807, 2.05) is 0 Å². The minimum Gasteiger partial charge on any atom is -0.495 e. The highest BCUT2D eigenvalue weighted by atomic mass is 35.5. The minimum atomic E-state index is -3.21. The summed E-state index contributed by atoms with van der Waals surface area (Å²) in [7, 11) is -0.224. The van der Waals surface area contributed by atoms with E-state index in [-0.39, 0.29) is 29.1 Å². The van der Waals surface area contributed by atoms with E-state index in [1.54, 1.807) is 41.3 Å². The number of rotatable bonds is 5. The summed E-state index contributed by atoms with van der Waals surface area (Å²) in [6, 6.07) is 9.95. The van der Waals surface area contributed by atoms with Gasteiger partial charge < -0.3 is 14.4 Å². The van der Waals surface area contributed by atoms with Crippen LogP contribution in [0.25, 0.3) is 0 Å². The number of fused-ring (bicyclic) bond motifs is 1. The van der Waals surface area contributed by atoms with Gasteiger partial charge in [-0.05, 0) is 17.7 Å². The first-order valence-electron chi connectivity index (χ1n) is 9.65. The predicted molar refractivity (Wildman–Crippen MR) is 128 cm³/mol. The van der Waals surface area contributed by atoms with Crippen molar-refractivity contribution in [3.8, 4) is 11.5 Å². The molecule has 170 valence electrons. The van der Waals surface area contributed by atoms with Crippen molar-refractivity contribution in [1.82, 2.24) is 0 Å². The van der Waals surface area contributed by atoms with Crippen LogP contribution in [-0.2, 0) is 21.1 Å². The number of carbonyl (C=O) groups is 1. The van der Waals surface area contributed by atoms with Gasteiger partial charge in [0.15, 0.2) is 15.0 Å². The number of aliphatic imine (C=N–C) groups is 1. The molecule has 0 spiro atoms. The molecule has 4 rings (SSSR count). The SMILES string of the molecule is COc1cc(OC)c(N2C(=NC(=O)Cc3ccccc3Cl)SC3CS(=O)(=O)CC32)cc1Cl. The lowest BCUT2D eigenvalue weighted by atomic mass is 10.1. The number of anilines is 1. The van der Waals surface area contributed by atoms with E-state index < -0.39 is 15.9 Å². The Kier molecular flexibility index (Phi) is 6.63. The summed E-state index contributed by atoms with van der Waals surface area (Å²) in [5.41, 5.74) is 1.20. The van der Waals surface area contributed by atoms with Gasteiger partial charge in [-0.1, -0.05) is 53.2 Å². The zero-order chi connectivity index (χ0) is 23.0. The van der Waals surface area contributed by atoms with Gasteiger partial charge in [0.2, 0.25) is 0 Å². The maximum atomic E-state index is 12.8. The van der Waals surface area contributed by atoms with Crippen molar-refractivity contribution in [2.24, 2.45) is 4.99 Å². The van der Waals surface area contributed by atoms with Gasteiger partial charge in [-0.2, -0.15) is 4.99 Å². The Bertz CT molecular complexity index is 1200. The molecule has 0 aromatic heterocycles. The number of nitrogens with zero attached hydrogens (tertiary/aromatic N) is 2. The fourth-order valence-corrected chi connectivity index (χ4v) is 8.19. The number of ether oxygens (including phenoxy) is 2. The van der Waals surface area contributed by atoms with Crippen molar-refractivity contribution < 1.29 is 22.7 Å². The summed E-state index contributed by atoms with van der Waals surface area (Å²) < 4.78 is 35.4. The highest BCUT2D eigenvalue weighted by Crippen LogP contribution is 2.46. The smallest absolute Gasteiger partial charge is 0.252 e. The molecule has 2 aromatic carbocycles. The second-order valence-electron chi connectivity index (χ2n) is 7.39. The number of amides is 1. The van der Waals surface area contributed by atoms with Crippen molar-refractivity contribution in [1.29, 1.82) is 0 Å². The number of methoxy groups -OCH3 is 2. The lowest BCUT2D eigenvalue weighted by molar-refractivity contribution is -0.117. The van der Waals surface area contributed by atoms with Crippen LogP contribution in [-0.4, -0.2) is 56.5 Å². The molecule has 0 saturated carbocycles. The zero-order valence-corrected chi connectivity index (χ0v) is 20.4. The van der Waals surface area contributed by atoms with Gasteiger partial charge in [-0.15, -0.1) is 0 Å². The van der Waals surface area contributed by atoms with Crippen LogP contribution in [0.1, 0.15) is 5.56 Å². The molecule has 2 heterocycles. The Hall–Kier alpha value is -1.94. The van der Waals surface area contributed by atoms with Crippen LogP contribution >= 0.6 is 35.0 Å². The molecule has 0 radical (unpaired) electrons. The van der Waals surface area contributed by atoms with Crippen molar-refractivity contribution >= 4 is 61.6 Å². The number of amidine groups is 1. The molecule has 2 saturated heterocycles. The number of sulfone groups is 1. The molecule has 2 atom stereocenters. The third-order valence-corrected chi connectivity index (χ3v) is 9.17. The average molecular weight is 515 g/mol. The van der Waals surface area contributed by atoms with Gasteiger partial charge in [0, 0.05) is 16.3 Å². The van der Waals surface area contributed by atoms with Gasteiger partial charge in [-0.3, -0.25) is 4.79 Å². The predicted octanol–water partition coefficient (Wildman–Crippen LogP) is 3.85. The first-order chi connectivity index (χ1) is 15.2. The Labute approximate surface area is 200 Å². The third kappa shape index (κ3) is 4.57. The Morgan fingerprint density at radius 1 is 1.12 bits per heavy atom. The lowest BCUT2D eigenvalue weighted by Crippen LogP contribution is -2.38. The van der Waals surface area contributed by atoms with Gasteiger partial charge in [-0.25, -0.2) is 8.42 Å². The molecule has 0 aliphatic carbocycles. The van der Waals surface area contributed by atoms with E-state index in [2.05, 4.69) is 4.99 Å². The average Bonchev–Trinajstić information content (AvgIpc) is 3.20. The number of hydrogen-bond acceptors (Lipinski definition) is 6. The molecule has 32 heavy (non-hydrogen) atoms. The fraction of sp³-hybridized carbons (Fsp3) is 0.333. The first kappa shape index (κ1) is 23.2. The molecule has 0 bridgehead atoms. The largest absolute Gasteiger partial charge is 0.495 e. The number of benzene rings is 2. The van der Waals surface area contributed by atoms with Crippen molar-refractivity contribution in [2.45, 2.75) is 17.7 Å². The third-order valence-electron chi connectivity index (χ3n) is 5.30. The van der Waals surface area contributed by atoms with Gasteiger partial charge in [0.1, 0.15) is 11.5 Å². The van der Waals surface area contributed by atoms with Crippen LogP contribution in [0.15, 0.2) is 41.4 Å². The van der Waals surface area contributed by atoms with Gasteiger partial charge in [0.05, 0.1) is 48.9 Å². The zero-order valence-electron chi connectivity index (χ0n) is 17.2. The molecule has 2 aromatic rings. The summed E-state index contributed by atoms with van der Waals surface area (Å²) in [5.74, 6) is 0.441. The number of carbonyl (C=O) groups excluding carboxylic acids is 1. The number of thioether (sulfide) groups is 1. The summed E-state index contributed by atoms with van der Waals surface area (Å²) in [4.78, 5) is 18.9. The molecule has 7 nitrogen and oxygen atoms in total. The van der Waals surface area contributed by atoms with Crippen LogP contribution in [0.2, 0.25) is 10.0 Å². The first-order valence-corrected chi connectivity index (χ1v) is 13.1. The van der Waals surface area contributed by atoms with Crippen LogP contribution < -0.4 is 14.4 Å². The van der Waals surface area contributed by atoms with E-state index in [1.165, 1.54) is 26.0 Å². The molecule has 2 aliphatic heterocycles. The fourth-order valence-electron chi connectivity index (χ4n) is 3.83. The highest BCUT2D eigenvalue weighted by molar-refractivity contribution is 8.16. The van der Waals surface area contributed by atoms with Crippen molar-refractivity contribution in [2.75, 3.05) is 30.6 Å². The van der Waals surface area contributed by atoms with Crippen LogP contribution in [0.3, 0.4) is 0 Å². The molecule has 11 heteroatoms. The topological polar surface area (TPSA) is 85.3 Å². The van der Waals surface area contributed by atoms with E-state index in [9.17, 15) is 13.2 Å². The second-order valence-corrected chi connectivity index (χ2v) is 11.6.